The van der Waals surface area contributed by atoms with Gasteiger partial charge in [0.05, 0.1) is 31.2 Å². The zero-order valence-corrected chi connectivity index (χ0v) is 20.7. The van der Waals surface area contributed by atoms with Crippen molar-refractivity contribution in [2.45, 2.75) is 27.3 Å². The first kappa shape index (κ1) is 25.0. The van der Waals surface area contributed by atoms with Gasteiger partial charge >= 0.3 is 5.97 Å². The number of anilines is 2. The van der Waals surface area contributed by atoms with Gasteiger partial charge in [0.15, 0.2) is 0 Å². The number of methoxy groups -OCH3 is 1. The van der Waals surface area contributed by atoms with E-state index in [0.717, 1.165) is 22.3 Å². The molecule has 7 nitrogen and oxygen atoms in total. The molecule has 178 valence electrons. The van der Waals surface area contributed by atoms with E-state index < -0.39 is 16.0 Å². The van der Waals surface area contributed by atoms with E-state index in [1.54, 1.807) is 42.5 Å². The number of carbonyl (C=O) groups excluding carboxylic acids is 2. The average molecular weight is 481 g/mol. The molecule has 0 aromatic heterocycles. The zero-order valence-electron chi connectivity index (χ0n) is 19.9. The van der Waals surface area contributed by atoms with E-state index in [4.69, 9.17) is 4.74 Å². The first-order valence-corrected chi connectivity index (χ1v) is 12.5. The lowest BCUT2D eigenvalue weighted by Crippen LogP contribution is -2.30. The van der Waals surface area contributed by atoms with E-state index in [0.29, 0.717) is 22.5 Å². The van der Waals surface area contributed by atoms with Gasteiger partial charge in [0.1, 0.15) is 0 Å². The number of ether oxygens (including phenoxy) is 1. The molecule has 0 aliphatic heterocycles. The van der Waals surface area contributed by atoms with Gasteiger partial charge in [-0.2, -0.15) is 0 Å². The summed E-state index contributed by atoms with van der Waals surface area (Å²) in [6.07, 6.45) is 1.19. The molecule has 8 heteroatoms. The highest BCUT2D eigenvalue weighted by atomic mass is 32.2. The maximum atomic E-state index is 12.8. The van der Waals surface area contributed by atoms with E-state index >= 15 is 0 Å². The van der Waals surface area contributed by atoms with Crippen molar-refractivity contribution in [1.29, 1.82) is 0 Å². The molecule has 3 aromatic carbocycles. The van der Waals surface area contributed by atoms with Gasteiger partial charge < -0.3 is 10.1 Å². The number of hydrogen-bond acceptors (Lipinski definition) is 5. The maximum absolute atomic E-state index is 12.8. The molecule has 0 unspecified atom stereocenters. The van der Waals surface area contributed by atoms with Gasteiger partial charge in [-0.3, -0.25) is 9.10 Å². The normalized spacial score (nSPS) is 11.1. The summed E-state index contributed by atoms with van der Waals surface area (Å²) in [5.41, 5.74) is 5.19. The second kappa shape index (κ2) is 10.1. The third kappa shape index (κ3) is 5.63. The summed E-state index contributed by atoms with van der Waals surface area (Å²) >= 11 is 0. The number of carbonyl (C=O) groups is 2. The Balaban J connectivity index is 1.82. The van der Waals surface area contributed by atoms with Gasteiger partial charge in [0.2, 0.25) is 10.0 Å². The fourth-order valence-electron chi connectivity index (χ4n) is 3.68. The summed E-state index contributed by atoms with van der Waals surface area (Å²) in [6.45, 7) is 5.73. The lowest BCUT2D eigenvalue weighted by Gasteiger charge is -2.26. The monoisotopic (exact) mass is 480 g/mol. The van der Waals surface area contributed by atoms with Crippen LogP contribution < -0.4 is 9.62 Å². The Morgan fingerprint density at radius 3 is 2.03 bits per heavy atom. The standard InChI is InChI=1S/C26H28N2O5S/c1-17-9-12-22(26(30)33-4)15-23(17)27-25(29)21-13-10-20(11-14-21)16-28(34(5,31)32)24-18(2)7-6-8-19(24)3/h6-15H,16H2,1-5H3,(H,27,29). The van der Waals surface area contributed by atoms with Crippen molar-refractivity contribution in [1.82, 2.24) is 0 Å². The smallest absolute Gasteiger partial charge is 0.337 e. The predicted octanol–water partition coefficient (Wildman–Crippen LogP) is 4.62. The number of benzene rings is 3. The highest BCUT2D eigenvalue weighted by Gasteiger charge is 2.21. The number of esters is 1. The Labute approximate surface area is 200 Å². The van der Waals surface area contributed by atoms with Gasteiger partial charge in [-0.1, -0.05) is 36.4 Å². The van der Waals surface area contributed by atoms with Crippen molar-refractivity contribution in [3.05, 3.63) is 94.0 Å². The average Bonchev–Trinajstić information content (AvgIpc) is 2.79. The molecule has 0 bridgehead atoms. The zero-order chi connectivity index (χ0) is 25.0. The van der Waals surface area contributed by atoms with E-state index in [-0.39, 0.29) is 12.5 Å². The van der Waals surface area contributed by atoms with Crippen molar-refractivity contribution < 1.29 is 22.7 Å². The van der Waals surface area contributed by atoms with Crippen LogP contribution in [0.15, 0.2) is 60.7 Å². The Morgan fingerprint density at radius 1 is 0.882 bits per heavy atom. The first-order chi connectivity index (χ1) is 16.0. The number of hydrogen-bond donors (Lipinski definition) is 1. The minimum atomic E-state index is -3.53. The molecule has 0 radical (unpaired) electrons. The number of rotatable bonds is 7. The van der Waals surface area contributed by atoms with Gasteiger partial charge in [0, 0.05) is 11.3 Å². The molecule has 3 rings (SSSR count). The van der Waals surface area contributed by atoms with Crippen molar-refractivity contribution >= 4 is 33.3 Å². The summed E-state index contributed by atoms with van der Waals surface area (Å²) in [7, 11) is -2.23. The highest BCUT2D eigenvalue weighted by molar-refractivity contribution is 7.92. The highest BCUT2D eigenvalue weighted by Crippen LogP contribution is 2.28. The Morgan fingerprint density at radius 2 is 1.47 bits per heavy atom. The number of nitrogens with one attached hydrogen (secondary N) is 1. The van der Waals surface area contributed by atoms with Gasteiger partial charge in [-0.05, 0) is 67.3 Å². The van der Waals surface area contributed by atoms with Crippen molar-refractivity contribution in [2.75, 3.05) is 23.0 Å². The topological polar surface area (TPSA) is 92.8 Å². The number of aryl methyl sites for hydroxylation is 3. The number of para-hydroxylation sites is 1. The second-order valence-electron chi connectivity index (χ2n) is 8.18. The maximum Gasteiger partial charge on any atom is 0.337 e. The minimum absolute atomic E-state index is 0.146. The summed E-state index contributed by atoms with van der Waals surface area (Å²) in [6, 6.07) is 17.4. The number of nitrogens with zero attached hydrogens (tertiary/aromatic N) is 1. The summed E-state index contributed by atoms with van der Waals surface area (Å²) in [5.74, 6) is -0.828. The Kier molecular flexibility index (Phi) is 7.41. The van der Waals surface area contributed by atoms with Crippen LogP contribution in [0.25, 0.3) is 0 Å². The quantitative estimate of drug-likeness (QED) is 0.498. The van der Waals surface area contributed by atoms with Crippen LogP contribution in [0.5, 0.6) is 0 Å². The molecule has 34 heavy (non-hydrogen) atoms. The van der Waals surface area contributed by atoms with Crippen LogP contribution >= 0.6 is 0 Å². The van der Waals surface area contributed by atoms with Crippen LogP contribution in [-0.2, 0) is 21.3 Å². The molecular weight excluding hydrogens is 452 g/mol. The Hall–Kier alpha value is -3.65. The molecule has 0 saturated heterocycles. The summed E-state index contributed by atoms with van der Waals surface area (Å²) < 4.78 is 31.3. The SMILES string of the molecule is COC(=O)c1ccc(C)c(NC(=O)c2ccc(CN(c3c(C)cccc3C)S(C)(=O)=O)cc2)c1. The molecule has 0 spiro atoms. The van der Waals surface area contributed by atoms with E-state index in [1.807, 2.05) is 39.0 Å². The fourth-order valence-corrected chi connectivity index (χ4v) is 4.69. The van der Waals surface area contributed by atoms with Gasteiger partial charge in [0.25, 0.3) is 5.91 Å². The molecule has 3 aromatic rings. The fraction of sp³-hybridized carbons (Fsp3) is 0.231. The van der Waals surface area contributed by atoms with Gasteiger partial charge in [-0.15, -0.1) is 0 Å². The second-order valence-corrected chi connectivity index (χ2v) is 10.1. The van der Waals surface area contributed by atoms with Crippen LogP contribution in [0.4, 0.5) is 11.4 Å². The molecular formula is C26H28N2O5S. The molecule has 1 N–H and O–H groups in total. The number of sulfonamides is 1. The van der Waals surface area contributed by atoms with Crippen molar-refractivity contribution in [2.24, 2.45) is 0 Å². The van der Waals surface area contributed by atoms with Crippen molar-refractivity contribution in [3.8, 4) is 0 Å². The largest absolute Gasteiger partial charge is 0.465 e. The van der Waals surface area contributed by atoms with Crippen molar-refractivity contribution in [3.63, 3.8) is 0 Å². The molecule has 0 saturated carbocycles. The minimum Gasteiger partial charge on any atom is -0.465 e. The van der Waals surface area contributed by atoms with Crippen LogP contribution in [0.2, 0.25) is 0 Å². The van der Waals surface area contributed by atoms with E-state index in [9.17, 15) is 18.0 Å². The van der Waals surface area contributed by atoms with E-state index in [1.165, 1.54) is 17.7 Å². The van der Waals surface area contributed by atoms with Crippen LogP contribution in [0.3, 0.4) is 0 Å². The molecule has 1 amide bonds. The molecule has 0 atom stereocenters. The summed E-state index contributed by atoms with van der Waals surface area (Å²) in [5, 5.41) is 2.82. The Bertz CT molecular complexity index is 1310. The first-order valence-electron chi connectivity index (χ1n) is 10.6. The molecule has 0 heterocycles. The van der Waals surface area contributed by atoms with Gasteiger partial charge in [-0.25, -0.2) is 13.2 Å². The summed E-state index contributed by atoms with van der Waals surface area (Å²) in [4.78, 5) is 24.6. The molecule has 0 fully saturated rings. The third-order valence-electron chi connectivity index (χ3n) is 5.54. The van der Waals surface area contributed by atoms with E-state index in [2.05, 4.69) is 5.32 Å². The molecule has 0 aliphatic rings. The molecule has 0 aliphatic carbocycles. The van der Waals surface area contributed by atoms with Crippen LogP contribution in [0, 0.1) is 20.8 Å². The number of amides is 1. The van der Waals surface area contributed by atoms with Crippen LogP contribution in [0.1, 0.15) is 43.0 Å². The third-order valence-corrected chi connectivity index (χ3v) is 6.65. The van der Waals surface area contributed by atoms with Crippen LogP contribution in [-0.4, -0.2) is 33.7 Å². The lowest BCUT2D eigenvalue weighted by atomic mass is 10.1. The predicted molar refractivity (Wildman–Crippen MR) is 134 cm³/mol. The lowest BCUT2D eigenvalue weighted by molar-refractivity contribution is 0.0600.